The molecule has 2 aromatic rings. The zero-order chi connectivity index (χ0) is 16.7. The van der Waals surface area contributed by atoms with Crippen molar-refractivity contribution >= 4 is 5.91 Å². The van der Waals surface area contributed by atoms with E-state index in [1.54, 1.807) is 0 Å². The number of aryl methyl sites for hydroxylation is 1. The molecule has 126 valence electrons. The van der Waals surface area contributed by atoms with Gasteiger partial charge < -0.3 is 9.84 Å². The van der Waals surface area contributed by atoms with Gasteiger partial charge in [-0.1, -0.05) is 42.8 Å². The van der Waals surface area contributed by atoms with Gasteiger partial charge in [-0.05, 0) is 43.6 Å². The minimum absolute atomic E-state index is 0.143. The van der Waals surface area contributed by atoms with Crippen molar-refractivity contribution in [2.24, 2.45) is 17.8 Å². The van der Waals surface area contributed by atoms with Crippen LogP contribution >= 0.6 is 0 Å². The first-order chi connectivity index (χ1) is 11.7. The normalized spacial score (nSPS) is 26.0. The highest BCUT2D eigenvalue weighted by Gasteiger charge is 2.56. The third-order valence-electron chi connectivity index (χ3n) is 5.50. The van der Waals surface area contributed by atoms with Gasteiger partial charge in [-0.25, -0.2) is 0 Å². The van der Waals surface area contributed by atoms with Crippen molar-refractivity contribution in [1.82, 2.24) is 15.5 Å². The van der Waals surface area contributed by atoms with E-state index in [0.717, 1.165) is 12.0 Å². The van der Waals surface area contributed by atoms with E-state index >= 15 is 0 Å². The number of aromatic nitrogens is 2. The molecule has 2 saturated carbocycles. The summed E-state index contributed by atoms with van der Waals surface area (Å²) in [6, 6.07) is 7.89. The van der Waals surface area contributed by atoms with Crippen molar-refractivity contribution in [2.45, 2.75) is 45.6 Å². The first kappa shape index (κ1) is 15.4. The summed E-state index contributed by atoms with van der Waals surface area (Å²) in [5.74, 6) is 2.62. The first-order valence-corrected chi connectivity index (χ1v) is 8.90. The van der Waals surface area contributed by atoms with Crippen LogP contribution in [0.5, 0.6) is 0 Å². The van der Waals surface area contributed by atoms with E-state index in [9.17, 15) is 4.79 Å². The molecule has 0 unspecified atom stereocenters. The van der Waals surface area contributed by atoms with Gasteiger partial charge in [0.25, 0.3) is 0 Å². The van der Waals surface area contributed by atoms with E-state index in [1.807, 2.05) is 19.1 Å². The van der Waals surface area contributed by atoms with Gasteiger partial charge in [0, 0.05) is 11.5 Å². The molecule has 0 spiro atoms. The van der Waals surface area contributed by atoms with Crippen LogP contribution in [0, 0.1) is 17.8 Å². The maximum Gasteiger partial charge on any atom is 0.249 e. The summed E-state index contributed by atoms with van der Waals surface area (Å²) in [4.78, 5) is 16.8. The zero-order valence-electron chi connectivity index (χ0n) is 14.2. The summed E-state index contributed by atoms with van der Waals surface area (Å²) in [5, 5.41) is 7.09. The van der Waals surface area contributed by atoms with Crippen molar-refractivity contribution in [3.8, 4) is 11.4 Å². The molecule has 5 heteroatoms. The Kier molecular flexibility index (Phi) is 3.87. The van der Waals surface area contributed by atoms with Crippen molar-refractivity contribution in [3.63, 3.8) is 0 Å². The lowest BCUT2D eigenvalue weighted by Gasteiger charge is -2.10. The Morgan fingerprint density at radius 1 is 1.29 bits per heavy atom. The molecule has 3 atom stereocenters. The number of carbonyl (C=O) groups is 1. The Hall–Kier alpha value is -2.17. The molecule has 5 nitrogen and oxygen atoms in total. The molecule has 4 rings (SSSR count). The number of amides is 1. The van der Waals surface area contributed by atoms with Crippen LogP contribution in [-0.2, 0) is 11.2 Å². The quantitative estimate of drug-likeness (QED) is 0.913. The Morgan fingerprint density at radius 2 is 2.00 bits per heavy atom. The summed E-state index contributed by atoms with van der Waals surface area (Å²) in [6.45, 7) is 4.02. The molecule has 1 amide bonds. The SMILES string of the molecule is CCc1ccc(-c2noc([C@H](C)NC(=O)C3[C@@H]4CCC[C@@H]34)n2)cc1. The summed E-state index contributed by atoms with van der Waals surface area (Å²) >= 11 is 0. The van der Waals surface area contributed by atoms with E-state index in [2.05, 4.69) is 34.5 Å². The fourth-order valence-corrected chi connectivity index (χ4v) is 4.00. The topological polar surface area (TPSA) is 68.0 Å². The Bertz CT molecular complexity index is 727. The number of fused-ring (bicyclic) bond motifs is 1. The van der Waals surface area contributed by atoms with E-state index in [1.165, 1.54) is 24.8 Å². The molecule has 24 heavy (non-hydrogen) atoms. The van der Waals surface area contributed by atoms with Crippen LogP contribution in [0.4, 0.5) is 0 Å². The largest absolute Gasteiger partial charge is 0.344 e. The van der Waals surface area contributed by atoms with Crippen LogP contribution < -0.4 is 5.32 Å². The van der Waals surface area contributed by atoms with Gasteiger partial charge in [-0.3, -0.25) is 4.79 Å². The number of benzene rings is 1. The predicted molar refractivity (Wildman–Crippen MR) is 90.0 cm³/mol. The third kappa shape index (κ3) is 2.72. The number of hydrogen-bond donors (Lipinski definition) is 1. The Balaban J connectivity index is 1.41. The number of carbonyl (C=O) groups excluding carboxylic acids is 1. The molecular formula is C19H23N3O2. The van der Waals surface area contributed by atoms with Crippen LogP contribution in [0.15, 0.2) is 28.8 Å². The molecule has 1 heterocycles. The lowest BCUT2D eigenvalue weighted by Crippen LogP contribution is -2.29. The fourth-order valence-electron chi connectivity index (χ4n) is 4.00. The van der Waals surface area contributed by atoms with E-state index in [4.69, 9.17) is 4.52 Å². The Morgan fingerprint density at radius 3 is 2.67 bits per heavy atom. The number of rotatable bonds is 5. The van der Waals surface area contributed by atoms with Gasteiger partial charge >= 0.3 is 0 Å². The monoisotopic (exact) mass is 325 g/mol. The van der Waals surface area contributed by atoms with Crippen molar-refractivity contribution < 1.29 is 9.32 Å². The molecular weight excluding hydrogens is 302 g/mol. The summed E-state index contributed by atoms with van der Waals surface area (Å²) < 4.78 is 5.36. The minimum Gasteiger partial charge on any atom is -0.344 e. The van der Waals surface area contributed by atoms with Gasteiger partial charge in [0.15, 0.2) is 0 Å². The van der Waals surface area contributed by atoms with Crippen LogP contribution in [0.25, 0.3) is 11.4 Å². The molecule has 2 fully saturated rings. The van der Waals surface area contributed by atoms with Crippen molar-refractivity contribution in [3.05, 3.63) is 35.7 Å². The molecule has 0 radical (unpaired) electrons. The summed E-state index contributed by atoms with van der Waals surface area (Å²) in [5.41, 5.74) is 2.20. The zero-order valence-corrected chi connectivity index (χ0v) is 14.2. The van der Waals surface area contributed by atoms with E-state index in [0.29, 0.717) is 23.6 Å². The van der Waals surface area contributed by atoms with Gasteiger partial charge in [0.2, 0.25) is 17.6 Å². The number of nitrogens with one attached hydrogen (secondary N) is 1. The Labute approximate surface area is 141 Å². The molecule has 2 aliphatic rings. The van der Waals surface area contributed by atoms with Gasteiger partial charge in [0.05, 0.1) is 0 Å². The van der Waals surface area contributed by atoms with Gasteiger partial charge in [-0.15, -0.1) is 0 Å². The molecule has 1 aromatic carbocycles. The highest BCUT2D eigenvalue weighted by Crippen LogP contribution is 2.57. The molecule has 0 saturated heterocycles. The van der Waals surface area contributed by atoms with Crippen LogP contribution in [0.2, 0.25) is 0 Å². The predicted octanol–water partition coefficient (Wildman–Crippen LogP) is 3.52. The molecule has 2 aliphatic carbocycles. The smallest absolute Gasteiger partial charge is 0.249 e. The average molecular weight is 325 g/mol. The lowest BCUT2D eigenvalue weighted by molar-refractivity contribution is -0.123. The highest BCUT2D eigenvalue weighted by atomic mass is 16.5. The highest BCUT2D eigenvalue weighted by molar-refractivity contribution is 5.82. The first-order valence-electron chi connectivity index (χ1n) is 8.90. The van der Waals surface area contributed by atoms with Crippen LogP contribution in [-0.4, -0.2) is 16.0 Å². The second-order valence-electron chi connectivity index (χ2n) is 7.02. The molecule has 0 bridgehead atoms. The maximum absolute atomic E-state index is 12.3. The maximum atomic E-state index is 12.3. The number of hydrogen-bond acceptors (Lipinski definition) is 4. The third-order valence-corrected chi connectivity index (χ3v) is 5.50. The molecule has 1 aromatic heterocycles. The van der Waals surface area contributed by atoms with Gasteiger partial charge in [0.1, 0.15) is 6.04 Å². The minimum atomic E-state index is -0.255. The van der Waals surface area contributed by atoms with E-state index < -0.39 is 0 Å². The molecule has 0 aliphatic heterocycles. The summed E-state index contributed by atoms with van der Waals surface area (Å²) in [7, 11) is 0. The second-order valence-corrected chi connectivity index (χ2v) is 7.02. The van der Waals surface area contributed by atoms with Crippen LogP contribution in [0.1, 0.15) is 50.6 Å². The summed E-state index contributed by atoms with van der Waals surface area (Å²) in [6.07, 6.45) is 4.69. The van der Waals surface area contributed by atoms with E-state index in [-0.39, 0.29) is 17.9 Å². The fraction of sp³-hybridized carbons (Fsp3) is 0.526. The molecule has 1 N–H and O–H groups in total. The van der Waals surface area contributed by atoms with Crippen molar-refractivity contribution in [1.29, 1.82) is 0 Å². The second kappa shape index (κ2) is 6.04. The van der Waals surface area contributed by atoms with Crippen LogP contribution in [0.3, 0.4) is 0 Å². The average Bonchev–Trinajstić information content (AvgIpc) is 3.00. The van der Waals surface area contributed by atoms with Crippen molar-refractivity contribution in [2.75, 3.05) is 0 Å². The standard InChI is InChI=1S/C19H23N3O2/c1-3-12-7-9-13(10-8-12)17-21-19(24-22-17)11(2)20-18(23)16-14-5-4-6-15(14)16/h7-11,14-16H,3-6H2,1-2H3,(H,20,23)/t11-,14+,15+/m0/s1. The number of nitrogens with zero attached hydrogens (tertiary/aromatic N) is 2. The lowest BCUT2D eigenvalue weighted by atomic mass is 10.1. The van der Waals surface area contributed by atoms with Gasteiger partial charge in [-0.2, -0.15) is 4.98 Å².